The third-order valence-corrected chi connectivity index (χ3v) is 1.97. The number of nitriles is 1. The summed E-state index contributed by atoms with van der Waals surface area (Å²) in [5.41, 5.74) is 1.76. The van der Waals surface area contributed by atoms with Gasteiger partial charge in [-0.25, -0.2) is 5.01 Å². The Kier molecular flexibility index (Phi) is 2.88. The van der Waals surface area contributed by atoms with E-state index >= 15 is 0 Å². The molecule has 0 radical (unpaired) electrons. The summed E-state index contributed by atoms with van der Waals surface area (Å²) < 4.78 is 0. The monoisotopic (exact) mass is 175 g/mol. The fourth-order valence-corrected chi connectivity index (χ4v) is 0.983. The lowest BCUT2D eigenvalue weighted by atomic mass is 10.2. The maximum atomic E-state index is 8.60. The van der Waals surface area contributed by atoms with Crippen molar-refractivity contribution in [2.75, 3.05) is 26.2 Å². The van der Waals surface area contributed by atoms with Crippen LogP contribution in [0.5, 0.6) is 0 Å². The van der Waals surface area contributed by atoms with Gasteiger partial charge in [0, 0.05) is 21.1 Å². The zero-order chi connectivity index (χ0) is 9.84. The SMILES string of the molecule is CN(C)N(C)c1ccc(C#N)cc1. The van der Waals surface area contributed by atoms with E-state index in [1.165, 1.54) is 0 Å². The van der Waals surface area contributed by atoms with Gasteiger partial charge in [-0.3, -0.25) is 0 Å². The first kappa shape index (κ1) is 9.56. The molecule has 0 amide bonds. The molecule has 0 bridgehead atoms. The maximum absolute atomic E-state index is 8.60. The molecule has 3 nitrogen and oxygen atoms in total. The lowest BCUT2D eigenvalue weighted by molar-refractivity contribution is 0.397. The summed E-state index contributed by atoms with van der Waals surface area (Å²) in [6, 6.07) is 9.58. The standard InChI is InChI=1S/C10H13N3/c1-12(2)13(3)10-6-4-9(8-11)5-7-10/h4-7H,1-3H3. The quantitative estimate of drug-likeness (QED) is 0.638. The van der Waals surface area contributed by atoms with Crippen LogP contribution < -0.4 is 5.01 Å². The van der Waals surface area contributed by atoms with Crippen LogP contribution in [0.4, 0.5) is 5.69 Å². The third-order valence-electron chi connectivity index (χ3n) is 1.97. The average Bonchev–Trinajstić information content (AvgIpc) is 2.17. The summed E-state index contributed by atoms with van der Waals surface area (Å²) in [5, 5.41) is 12.6. The highest BCUT2D eigenvalue weighted by Gasteiger charge is 2.01. The Morgan fingerprint density at radius 1 is 1.08 bits per heavy atom. The lowest BCUT2D eigenvalue weighted by Gasteiger charge is -2.26. The first-order valence-corrected chi connectivity index (χ1v) is 4.06. The topological polar surface area (TPSA) is 30.3 Å². The molecule has 1 aromatic carbocycles. The van der Waals surface area contributed by atoms with Gasteiger partial charge in [-0.2, -0.15) is 5.26 Å². The minimum Gasteiger partial charge on any atom is -0.309 e. The van der Waals surface area contributed by atoms with Crippen LogP contribution in [-0.2, 0) is 0 Å². The molecule has 0 atom stereocenters. The van der Waals surface area contributed by atoms with Crippen molar-refractivity contribution in [2.24, 2.45) is 0 Å². The fourth-order valence-electron chi connectivity index (χ4n) is 0.983. The van der Waals surface area contributed by atoms with Crippen LogP contribution in [0.15, 0.2) is 24.3 Å². The van der Waals surface area contributed by atoms with E-state index in [4.69, 9.17) is 5.26 Å². The predicted octanol–water partition coefficient (Wildman–Crippen LogP) is 1.47. The van der Waals surface area contributed by atoms with Gasteiger partial charge in [0.25, 0.3) is 0 Å². The number of benzene rings is 1. The summed E-state index contributed by atoms with van der Waals surface area (Å²) in [6.07, 6.45) is 0. The first-order valence-electron chi connectivity index (χ1n) is 4.06. The molecule has 0 heterocycles. The molecule has 1 rings (SSSR count). The van der Waals surface area contributed by atoms with Crippen LogP contribution in [0.2, 0.25) is 0 Å². The average molecular weight is 175 g/mol. The molecule has 0 aliphatic rings. The van der Waals surface area contributed by atoms with Crippen LogP contribution in [0, 0.1) is 11.3 Å². The number of nitrogens with zero attached hydrogens (tertiary/aromatic N) is 3. The number of hydrogen-bond donors (Lipinski definition) is 0. The summed E-state index contributed by atoms with van der Waals surface area (Å²) in [4.78, 5) is 0. The Hall–Kier alpha value is -1.53. The first-order chi connectivity index (χ1) is 6.15. The number of rotatable bonds is 2. The van der Waals surface area contributed by atoms with Crippen molar-refractivity contribution < 1.29 is 0 Å². The summed E-state index contributed by atoms with van der Waals surface area (Å²) >= 11 is 0. The van der Waals surface area contributed by atoms with Crippen LogP contribution >= 0.6 is 0 Å². The highest BCUT2D eigenvalue weighted by Crippen LogP contribution is 2.13. The van der Waals surface area contributed by atoms with Gasteiger partial charge in [0.2, 0.25) is 0 Å². The molecule has 3 heteroatoms. The normalized spacial score (nSPS) is 9.77. The van der Waals surface area contributed by atoms with E-state index in [0.717, 1.165) is 5.69 Å². The van der Waals surface area contributed by atoms with Crippen molar-refractivity contribution in [1.29, 1.82) is 5.26 Å². The van der Waals surface area contributed by atoms with E-state index in [9.17, 15) is 0 Å². The molecular weight excluding hydrogens is 162 g/mol. The predicted molar refractivity (Wildman–Crippen MR) is 53.2 cm³/mol. The van der Waals surface area contributed by atoms with Crippen molar-refractivity contribution >= 4 is 5.69 Å². The Labute approximate surface area is 78.8 Å². The Balaban J connectivity index is 2.87. The van der Waals surface area contributed by atoms with Crippen molar-refractivity contribution in [3.63, 3.8) is 0 Å². The molecule has 0 aromatic heterocycles. The minimum atomic E-state index is 0.691. The summed E-state index contributed by atoms with van der Waals surface area (Å²) in [5.74, 6) is 0. The largest absolute Gasteiger partial charge is 0.309 e. The van der Waals surface area contributed by atoms with Crippen molar-refractivity contribution in [3.8, 4) is 6.07 Å². The molecule has 68 valence electrons. The smallest absolute Gasteiger partial charge is 0.0991 e. The highest BCUT2D eigenvalue weighted by molar-refractivity contribution is 5.47. The Morgan fingerprint density at radius 2 is 1.62 bits per heavy atom. The third kappa shape index (κ3) is 2.20. The van der Waals surface area contributed by atoms with Gasteiger partial charge in [0.15, 0.2) is 0 Å². The molecule has 0 spiro atoms. The second-order valence-electron chi connectivity index (χ2n) is 3.03. The Bertz CT molecular complexity index is 308. The van der Waals surface area contributed by atoms with Crippen LogP contribution in [0.25, 0.3) is 0 Å². The minimum absolute atomic E-state index is 0.691. The van der Waals surface area contributed by atoms with Crippen LogP contribution in [0.1, 0.15) is 5.56 Å². The summed E-state index contributed by atoms with van der Waals surface area (Å²) in [7, 11) is 5.91. The van der Waals surface area contributed by atoms with Crippen molar-refractivity contribution in [1.82, 2.24) is 5.01 Å². The van der Waals surface area contributed by atoms with Crippen molar-refractivity contribution in [2.45, 2.75) is 0 Å². The highest BCUT2D eigenvalue weighted by atomic mass is 15.6. The van der Waals surface area contributed by atoms with Gasteiger partial charge in [0.05, 0.1) is 17.3 Å². The zero-order valence-electron chi connectivity index (χ0n) is 8.15. The second kappa shape index (κ2) is 3.92. The lowest BCUT2D eigenvalue weighted by Crippen LogP contribution is -2.32. The molecule has 0 unspecified atom stereocenters. The van der Waals surface area contributed by atoms with Crippen LogP contribution in [0.3, 0.4) is 0 Å². The number of anilines is 1. The molecular formula is C10H13N3. The van der Waals surface area contributed by atoms with Gasteiger partial charge >= 0.3 is 0 Å². The van der Waals surface area contributed by atoms with E-state index in [2.05, 4.69) is 6.07 Å². The van der Waals surface area contributed by atoms with E-state index in [-0.39, 0.29) is 0 Å². The molecule has 0 saturated heterocycles. The summed E-state index contributed by atoms with van der Waals surface area (Å²) in [6.45, 7) is 0. The second-order valence-corrected chi connectivity index (χ2v) is 3.03. The Morgan fingerprint density at radius 3 is 2.00 bits per heavy atom. The fraction of sp³-hybridized carbons (Fsp3) is 0.300. The van der Waals surface area contributed by atoms with Gasteiger partial charge in [-0.1, -0.05) is 0 Å². The van der Waals surface area contributed by atoms with Gasteiger partial charge < -0.3 is 5.01 Å². The molecule has 1 aromatic rings. The van der Waals surface area contributed by atoms with Gasteiger partial charge in [-0.05, 0) is 24.3 Å². The van der Waals surface area contributed by atoms with E-state index in [1.807, 2.05) is 55.4 Å². The molecule has 0 aliphatic carbocycles. The number of hydrogen-bond acceptors (Lipinski definition) is 3. The van der Waals surface area contributed by atoms with E-state index < -0.39 is 0 Å². The van der Waals surface area contributed by atoms with E-state index in [1.54, 1.807) is 0 Å². The molecule has 0 fully saturated rings. The molecule has 0 saturated carbocycles. The van der Waals surface area contributed by atoms with E-state index in [0.29, 0.717) is 5.56 Å². The van der Waals surface area contributed by atoms with Gasteiger partial charge in [0.1, 0.15) is 0 Å². The molecule has 0 N–H and O–H groups in total. The van der Waals surface area contributed by atoms with Gasteiger partial charge in [-0.15, -0.1) is 0 Å². The zero-order valence-corrected chi connectivity index (χ0v) is 8.15. The number of hydrazine groups is 1. The maximum Gasteiger partial charge on any atom is 0.0991 e. The molecule has 0 aliphatic heterocycles. The van der Waals surface area contributed by atoms with Crippen LogP contribution in [-0.4, -0.2) is 26.2 Å². The molecule has 13 heavy (non-hydrogen) atoms. The van der Waals surface area contributed by atoms with Crippen molar-refractivity contribution in [3.05, 3.63) is 29.8 Å².